The van der Waals surface area contributed by atoms with Gasteiger partial charge in [0.05, 0.1) is 31.5 Å². The van der Waals surface area contributed by atoms with Gasteiger partial charge in [0, 0.05) is 15.8 Å². The minimum atomic E-state index is -0.553. The number of aromatic nitrogens is 2. The van der Waals surface area contributed by atoms with Crippen LogP contribution < -0.4 is 26.1 Å². The number of hydrogen-bond acceptors (Lipinski definition) is 8. The fourth-order valence-corrected chi connectivity index (χ4v) is 6.75. The van der Waals surface area contributed by atoms with Gasteiger partial charge in [0.25, 0.3) is 11.5 Å². The Morgan fingerprint density at radius 3 is 2.69 bits per heavy atom. The smallest absolute Gasteiger partial charge is 0.263 e. The van der Waals surface area contributed by atoms with Crippen molar-refractivity contribution in [2.24, 2.45) is 5.73 Å². The minimum absolute atomic E-state index is 0.246. The first-order valence-corrected chi connectivity index (χ1v) is 13.0. The number of hydrogen-bond donors (Lipinski definition) is 2. The van der Waals surface area contributed by atoms with Gasteiger partial charge < -0.3 is 20.5 Å². The Bertz CT molecular complexity index is 1550. The van der Waals surface area contributed by atoms with Crippen LogP contribution in [0.15, 0.2) is 34.7 Å². The fourth-order valence-electron chi connectivity index (χ4n) is 4.53. The van der Waals surface area contributed by atoms with Gasteiger partial charge >= 0.3 is 0 Å². The first-order chi connectivity index (χ1) is 17.4. The molecule has 36 heavy (non-hydrogen) atoms. The van der Waals surface area contributed by atoms with Gasteiger partial charge in [-0.25, -0.2) is 4.98 Å². The zero-order chi connectivity index (χ0) is 25.4. The van der Waals surface area contributed by atoms with Crippen molar-refractivity contribution in [3.05, 3.63) is 56.3 Å². The van der Waals surface area contributed by atoms with Crippen LogP contribution in [0.5, 0.6) is 11.5 Å². The molecule has 0 bridgehead atoms. The Morgan fingerprint density at radius 2 is 1.94 bits per heavy atom. The summed E-state index contributed by atoms with van der Waals surface area (Å²) in [5.74, 6) is 0.144. The predicted octanol–water partition coefficient (Wildman–Crippen LogP) is 3.82. The molecule has 0 unspecified atom stereocenters. The molecule has 3 N–H and O–H groups in total. The Kier molecular flexibility index (Phi) is 6.50. The number of nitrogens with two attached hydrogens (primary N) is 1. The van der Waals surface area contributed by atoms with Crippen molar-refractivity contribution in [3.8, 4) is 22.6 Å². The summed E-state index contributed by atoms with van der Waals surface area (Å²) in [6, 6.07) is 5.42. The van der Waals surface area contributed by atoms with E-state index in [2.05, 4.69) is 10.3 Å². The lowest BCUT2D eigenvalue weighted by Crippen LogP contribution is -2.28. The Labute approximate surface area is 214 Å². The molecule has 5 rings (SSSR count). The summed E-state index contributed by atoms with van der Waals surface area (Å²) in [5, 5.41) is 5.54. The van der Waals surface area contributed by atoms with Crippen LogP contribution in [0.3, 0.4) is 0 Å². The van der Waals surface area contributed by atoms with Gasteiger partial charge in [-0.05, 0) is 48.9 Å². The number of ether oxygens (including phenoxy) is 2. The summed E-state index contributed by atoms with van der Waals surface area (Å²) < 4.78 is 12.0. The van der Waals surface area contributed by atoms with Crippen LogP contribution in [0.4, 0.5) is 5.00 Å². The molecule has 0 fully saturated rings. The number of fused-ring (bicyclic) bond motifs is 2. The number of primary amides is 1. The molecule has 4 aromatic rings. The molecule has 2 amide bonds. The molecule has 9 nitrogen and oxygen atoms in total. The maximum atomic E-state index is 13.4. The predicted molar refractivity (Wildman–Crippen MR) is 141 cm³/mol. The Morgan fingerprint density at radius 1 is 1.17 bits per heavy atom. The lowest BCUT2D eigenvalue weighted by Gasteiger charge is -2.11. The van der Waals surface area contributed by atoms with E-state index in [1.165, 1.54) is 33.6 Å². The number of methoxy groups -OCH3 is 2. The molecule has 11 heteroatoms. The number of anilines is 1. The highest BCUT2D eigenvalue weighted by molar-refractivity contribution is 7.17. The normalized spacial score (nSPS) is 12.8. The molecule has 0 saturated heterocycles. The summed E-state index contributed by atoms with van der Waals surface area (Å²) in [6.45, 7) is -0.246. The molecule has 0 radical (unpaired) electrons. The van der Waals surface area contributed by atoms with Crippen LogP contribution in [0.1, 0.15) is 33.6 Å². The van der Waals surface area contributed by atoms with Gasteiger partial charge in [-0.3, -0.25) is 19.0 Å². The quantitative estimate of drug-likeness (QED) is 0.379. The topological polar surface area (TPSA) is 126 Å². The standard InChI is InChI=1S/C25H24N4O5S2/c1-33-16-8-7-13(9-17(16)34-2)15-11-35-23-21(15)25(32)29(12-27-23)10-19(30)28-24-20(22(26)31)14-5-3-4-6-18(14)36-24/h7-9,11-12H,3-6,10H2,1-2H3,(H2,26,31)(H,28,30). The summed E-state index contributed by atoms with van der Waals surface area (Å²) in [7, 11) is 3.11. The third kappa shape index (κ3) is 4.24. The number of rotatable bonds is 7. The van der Waals surface area contributed by atoms with Crippen molar-refractivity contribution >= 4 is 49.7 Å². The average Bonchev–Trinajstić information content (AvgIpc) is 3.47. The second kappa shape index (κ2) is 9.75. The van der Waals surface area contributed by atoms with E-state index in [-0.39, 0.29) is 12.1 Å². The van der Waals surface area contributed by atoms with Gasteiger partial charge in [-0.15, -0.1) is 22.7 Å². The number of aryl methyl sites for hydroxylation is 1. The maximum absolute atomic E-state index is 13.4. The number of carbonyl (C=O) groups excluding carboxylic acids is 2. The van der Waals surface area contributed by atoms with Crippen LogP contribution >= 0.6 is 22.7 Å². The molecule has 1 aliphatic carbocycles. The number of nitrogens with one attached hydrogen (secondary N) is 1. The highest BCUT2D eigenvalue weighted by Crippen LogP contribution is 2.38. The third-order valence-electron chi connectivity index (χ3n) is 6.24. The summed E-state index contributed by atoms with van der Waals surface area (Å²) in [4.78, 5) is 44.5. The van der Waals surface area contributed by atoms with Crippen molar-refractivity contribution in [2.45, 2.75) is 32.2 Å². The molecule has 1 aliphatic rings. The van der Waals surface area contributed by atoms with Crippen LogP contribution in [0.2, 0.25) is 0 Å². The second-order valence-electron chi connectivity index (χ2n) is 8.40. The molecule has 3 aromatic heterocycles. The van der Waals surface area contributed by atoms with Gasteiger partial charge in [0.15, 0.2) is 11.5 Å². The number of carbonyl (C=O) groups is 2. The number of thiophene rings is 2. The van der Waals surface area contributed by atoms with E-state index < -0.39 is 11.8 Å². The monoisotopic (exact) mass is 524 g/mol. The van der Waals surface area contributed by atoms with Crippen molar-refractivity contribution in [2.75, 3.05) is 19.5 Å². The Hall–Kier alpha value is -3.70. The third-order valence-corrected chi connectivity index (χ3v) is 8.33. The number of nitrogens with zero attached hydrogens (tertiary/aromatic N) is 2. The molecular weight excluding hydrogens is 500 g/mol. The van der Waals surface area contributed by atoms with Crippen molar-refractivity contribution in [1.29, 1.82) is 0 Å². The second-order valence-corrected chi connectivity index (χ2v) is 10.4. The van der Waals surface area contributed by atoms with Crippen molar-refractivity contribution < 1.29 is 19.1 Å². The molecule has 0 atom stereocenters. The molecule has 0 saturated carbocycles. The van der Waals surface area contributed by atoms with E-state index >= 15 is 0 Å². The maximum Gasteiger partial charge on any atom is 0.263 e. The summed E-state index contributed by atoms with van der Waals surface area (Å²) in [6.07, 6.45) is 5.04. The lowest BCUT2D eigenvalue weighted by atomic mass is 9.95. The summed E-state index contributed by atoms with van der Waals surface area (Å²) >= 11 is 2.74. The molecule has 186 valence electrons. The molecular formula is C25H24N4O5S2. The largest absolute Gasteiger partial charge is 0.493 e. The van der Waals surface area contributed by atoms with E-state index in [0.717, 1.165) is 41.7 Å². The molecule has 1 aromatic carbocycles. The minimum Gasteiger partial charge on any atom is -0.493 e. The average molecular weight is 525 g/mol. The van der Waals surface area contributed by atoms with Crippen molar-refractivity contribution in [3.63, 3.8) is 0 Å². The van der Waals surface area contributed by atoms with E-state index in [9.17, 15) is 14.4 Å². The van der Waals surface area contributed by atoms with Crippen LogP contribution in [0.25, 0.3) is 21.3 Å². The molecule has 0 spiro atoms. The molecule has 3 heterocycles. The first kappa shape index (κ1) is 24.0. The van der Waals surface area contributed by atoms with Gasteiger partial charge in [0.2, 0.25) is 5.91 Å². The van der Waals surface area contributed by atoms with Gasteiger partial charge in [-0.2, -0.15) is 0 Å². The van der Waals surface area contributed by atoms with Crippen LogP contribution in [-0.2, 0) is 24.2 Å². The van der Waals surface area contributed by atoms with E-state index in [0.29, 0.717) is 37.8 Å². The van der Waals surface area contributed by atoms with Crippen LogP contribution in [-0.4, -0.2) is 35.6 Å². The summed E-state index contributed by atoms with van der Waals surface area (Å²) in [5.41, 5.74) is 8.10. The zero-order valence-corrected chi connectivity index (χ0v) is 21.4. The highest BCUT2D eigenvalue weighted by Gasteiger charge is 2.25. The SMILES string of the molecule is COc1ccc(-c2csc3ncn(CC(=O)Nc4sc5c(c4C(N)=O)CCCC5)c(=O)c23)cc1OC. The van der Waals surface area contributed by atoms with Gasteiger partial charge in [-0.1, -0.05) is 6.07 Å². The number of amides is 2. The van der Waals surface area contributed by atoms with E-state index in [1.54, 1.807) is 26.4 Å². The zero-order valence-electron chi connectivity index (χ0n) is 19.8. The lowest BCUT2D eigenvalue weighted by molar-refractivity contribution is -0.116. The fraction of sp³-hybridized carbons (Fsp3) is 0.280. The first-order valence-electron chi connectivity index (χ1n) is 11.3. The van der Waals surface area contributed by atoms with E-state index in [4.69, 9.17) is 15.2 Å². The van der Waals surface area contributed by atoms with E-state index in [1.807, 2.05) is 11.4 Å². The van der Waals surface area contributed by atoms with Gasteiger partial charge in [0.1, 0.15) is 16.4 Å². The highest BCUT2D eigenvalue weighted by atomic mass is 32.1. The Balaban J connectivity index is 1.46. The van der Waals surface area contributed by atoms with Crippen molar-refractivity contribution in [1.82, 2.24) is 9.55 Å². The number of benzene rings is 1. The molecule has 0 aliphatic heterocycles. The van der Waals surface area contributed by atoms with Crippen LogP contribution in [0, 0.1) is 0 Å².